The van der Waals surface area contributed by atoms with Crippen LogP contribution >= 0.6 is 0 Å². The zero-order valence-electron chi connectivity index (χ0n) is 18.1. The molecule has 4 rings (SSSR count). The van der Waals surface area contributed by atoms with Crippen LogP contribution in [0.3, 0.4) is 0 Å². The minimum absolute atomic E-state index is 0.0994. The second kappa shape index (κ2) is 10.2. The first kappa shape index (κ1) is 24.4. The fourth-order valence-electron chi connectivity index (χ4n) is 4.58. The van der Waals surface area contributed by atoms with Gasteiger partial charge in [-0.1, -0.05) is 30.3 Å². The molecule has 0 saturated carbocycles. The van der Waals surface area contributed by atoms with Crippen molar-refractivity contribution >= 4 is 17.8 Å². The predicted octanol–water partition coefficient (Wildman–Crippen LogP) is 2.33. The molecule has 33 heavy (non-hydrogen) atoms. The van der Waals surface area contributed by atoms with E-state index in [0.29, 0.717) is 0 Å². The molecule has 2 aliphatic heterocycles. The van der Waals surface area contributed by atoms with E-state index in [2.05, 4.69) is 49.4 Å². The van der Waals surface area contributed by atoms with Gasteiger partial charge in [0, 0.05) is 45.6 Å². The summed E-state index contributed by atoms with van der Waals surface area (Å²) >= 11 is 0. The van der Waals surface area contributed by atoms with E-state index >= 15 is 0 Å². The van der Waals surface area contributed by atoms with Gasteiger partial charge in [0.15, 0.2) is 0 Å². The van der Waals surface area contributed by atoms with Crippen LogP contribution in [0.4, 0.5) is 19.1 Å². The Kier molecular flexibility index (Phi) is 7.52. The third kappa shape index (κ3) is 5.59. The molecular formula is C22H26F3N5O3. The first-order chi connectivity index (χ1) is 15.7. The summed E-state index contributed by atoms with van der Waals surface area (Å²) in [5, 5.41) is 10.0. The van der Waals surface area contributed by atoms with Gasteiger partial charge in [-0.3, -0.25) is 9.69 Å². The molecule has 0 aliphatic carbocycles. The zero-order chi connectivity index (χ0) is 24.1. The second-order valence-corrected chi connectivity index (χ2v) is 8.05. The summed E-state index contributed by atoms with van der Waals surface area (Å²) in [6, 6.07) is 12.4. The fraction of sp³-hybridized carbons (Fsp3) is 0.455. The van der Waals surface area contributed by atoms with Crippen molar-refractivity contribution in [3.05, 3.63) is 54.4 Å². The highest BCUT2D eigenvalue weighted by molar-refractivity contribution is 5.85. The number of alkyl halides is 3. The smallest absolute Gasteiger partial charge is 0.475 e. The standard InChI is InChI=1S/C20H25N5O.C2HF3O2/c1-21-18(26)20-9-5-12-25(19-22-10-6-11-23-19)17(20)14-24(15-20)13-16-7-3-2-4-8-16;3-2(4,5)1(6)7/h2-4,6-8,10-11,17H,5,9,12-15H2,1H3,(H,21,26);(H,6,7)/t17-,20-;/m1./s1. The quantitative estimate of drug-likeness (QED) is 0.715. The number of anilines is 1. The molecule has 2 aromatic rings. The summed E-state index contributed by atoms with van der Waals surface area (Å²) in [6.07, 6.45) is 0.345. The number of rotatable bonds is 4. The summed E-state index contributed by atoms with van der Waals surface area (Å²) < 4.78 is 31.7. The number of nitrogens with zero attached hydrogens (tertiary/aromatic N) is 4. The van der Waals surface area contributed by atoms with Gasteiger partial charge in [0.1, 0.15) is 0 Å². The van der Waals surface area contributed by atoms with Crippen LogP contribution in [-0.4, -0.2) is 70.8 Å². The van der Waals surface area contributed by atoms with Crippen LogP contribution < -0.4 is 10.2 Å². The molecule has 0 bridgehead atoms. The molecule has 0 spiro atoms. The fourth-order valence-corrected chi connectivity index (χ4v) is 4.58. The summed E-state index contributed by atoms with van der Waals surface area (Å²) in [5.74, 6) is -1.89. The van der Waals surface area contributed by atoms with E-state index in [1.165, 1.54) is 5.56 Å². The highest BCUT2D eigenvalue weighted by Crippen LogP contribution is 2.43. The van der Waals surface area contributed by atoms with Crippen LogP contribution in [0, 0.1) is 5.41 Å². The van der Waals surface area contributed by atoms with Crippen LogP contribution in [0.5, 0.6) is 0 Å². The Labute approximate surface area is 189 Å². The van der Waals surface area contributed by atoms with Crippen LogP contribution in [0.15, 0.2) is 48.8 Å². The lowest BCUT2D eigenvalue weighted by atomic mass is 9.74. The van der Waals surface area contributed by atoms with Crippen molar-refractivity contribution in [2.75, 3.05) is 31.6 Å². The van der Waals surface area contributed by atoms with Gasteiger partial charge in [-0.2, -0.15) is 13.2 Å². The summed E-state index contributed by atoms with van der Waals surface area (Å²) in [4.78, 5) is 35.4. The third-order valence-corrected chi connectivity index (χ3v) is 5.95. The molecule has 3 heterocycles. The predicted molar refractivity (Wildman–Crippen MR) is 114 cm³/mol. The molecule has 1 amide bonds. The molecule has 178 valence electrons. The molecule has 2 atom stereocenters. The lowest BCUT2D eigenvalue weighted by Crippen LogP contribution is -2.58. The van der Waals surface area contributed by atoms with Gasteiger partial charge in [0.2, 0.25) is 11.9 Å². The average molecular weight is 465 g/mol. The Bertz CT molecular complexity index is 945. The molecule has 1 aromatic carbocycles. The van der Waals surface area contributed by atoms with Crippen molar-refractivity contribution in [1.29, 1.82) is 0 Å². The van der Waals surface area contributed by atoms with Crippen LogP contribution in [0.25, 0.3) is 0 Å². The summed E-state index contributed by atoms with van der Waals surface area (Å²) in [5.41, 5.74) is 0.877. The number of hydrogen-bond donors (Lipinski definition) is 2. The van der Waals surface area contributed by atoms with Gasteiger partial charge in [0.05, 0.1) is 11.5 Å². The van der Waals surface area contributed by atoms with Crippen molar-refractivity contribution in [1.82, 2.24) is 20.2 Å². The normalized spacial score (nSPS) is 22.7. The van der Waals surface area contributed by atoms with Gasteiger partial charge in [-0.15, -0.1) is 0 Å². The Morgan fingerprint density at radius 1 is 1.18 bits per heavy atom. The average Bonchev–Trinajstić information content (AvgIpc) is 3.18. The maximum atomic E-state index is 12.9. The van der Waals surface area contributed by atoms with Gasteiger partial charge in [-0.25, -0.2) is 14.8 Å². The van der Waals surface area contributed by atoms with Crippen molar-refractivity contribution < 1.29 is 27.9 Å². The number of likely N-dealkylation sites (tertiary alicyclic amines) is 1. The van der Waals surface area contributed by atoms with Gasteiger partial charge < -0.3 is 15.3 Å². The van der Waals surface area contributed by atoms with Crippen LogP contribution in [0.1, 0.15) is 18.4 Å². The van der Waals surface area contributed by atoms with Crippen molar-refractivity contribution in [3.8, 4) is 0 Å². The Balaban J connectivity index is 0.000000383. The van der Waals surface area contributed by atoms with Crippen molar-refractivity contribution in [3.63, 3.8) is 0 Å². The zero-order valence-corrected chi connectivity index (χ0v) is 18.1. The van der Waals surface area contributed by atoms with E-state index in [-0.39, 0.29) is 11.9 Å². The molecule has 1 aromatic heterocycles. The molecule has 8 nitrogen and oxygen atoms in total. The minimum atomic E-state index is -5.08. The van der Waals surface area contributed by atoms with Crippen LogP contribution in [0.2, 0.25) is 0 Å². The molecule has 2 saturated heterocycles. The third-order valence-electron chi connectivity index (χ3n) is 5.95. The lowest BCUT2D eigenvalue weighted by Gasteiger charge is -2.44. The first-order valence-corrected chi connectivity index (χ1v) is 10.5. The molecule has 0 radical (unpaired) electrons. The molecule has 2 fully saturated rings. The lowest BCUT2D eigenvalue weighted by molar-refractivity contribution is -0.192. The highest BCUT2D eigenvalue weighted by Gasteiger charge is 2.55. The maximum absolute atomic E-state index is 12.9. The summed E-state index contributed by atoms with van der Waals surface area (Å²) in [6.45, 7) is 3.38. The topological polar surface area (TPSA) is 98.7 Å². The molecular weight excluding hydrogens is 439 g/mol. The van der Waals surface area contributed by atoms with E-state index in [0.717, 1.165) is 45.0 Å². The summed E-state index contributed by atoms with van der Waals surface area (Å²) in [7, 11) is 1.74. The minimum Gasteiger partial charge on any atom is -0.475 e. The number of benzene rings is 1. The van der Waals surface area contributed by atoms with Gasteiger partial charge >= 0.3 is 12.1 Å². The second-order valence-electron chi connectivity index (χ2n) is 8.05. The highest BCUT2D eigenvalue weighted by atomic mass is 19.4. The number of carboxylic acid groups (broad SMARTS) is 1. The molecule has 0 unspecified atom stereocenters. The number of fused-ring (bicyclic) bond motifs is 1. The van der Waals surface area contributed by atoms with Gasteiger partial charge in [-0.05, 0) is 24.5 Å². The van der Waals surface area contributed by atoms with Gasteiger partial charge in [0.25, 0.3) is 0 Å². The molecule has 11 heteroatoms. The largest absolute Gasteiger partial charge is 0.490 e. The maximum Gasteiger partial charge on any atom is 0.490 e. The Hall–Kier alpha value is -3.21. The van der Waals surface area contributed by atoms with E-state index in [1.54, 1.807) is 19.4 Å². The SMILES string of the molecule is CNC(=O)[C@@]12CCCN(c3ncccn3)[C@@H]1CN(Cc1ccccc1)C2.O=C(O)C(F)(F)F. The Morgan fingerprint density at radius 2 is 1.82 bits per heavy atom. The number of piperidine rings is 1. The number of nitrogens with one attached hydrogen (secondary N) is 1. The van der Waals surface area contributed by atoms with E-state index in [9.17, 15) is 18.0 Å². The number of halogens is 3. The first-order valence-electron chi connectivity index (χ1n) is 10.5. The van der Waals surface area contributed by atoms with E-state index in [1.807, 2.05) is 12.1 Å². The molecule has 2 N–H and O–H groups in total. The number of carbonyl (C=O) groups is 2. The van der Waals surface area contributed by atoms with Crippen molar-refractivity contribution in [2.24, 2.45) is 5.41 Å². The van der Waals surface area contributed by atoms with Crippen LogP contribution in [-0.2, 0) is 16.1 Å². The monoisotopic (exact) mass is 465 g/mol. The number of amides is 1. The number of aliphatic carboxylic acids is 1. The number of hydrogen-bond acceptors (Lipinski definition) is 6. The van der Waals surface area contributed by atoms with Crippen molar-refractivity contribution in [2.45, 2.75) is 31.6 Å². The number of aromatic nitrogens is 2. The van der Waals surface area contributed by atoms with E-state index < -0.39 is 17.6 Å². The Morgan fingerprint density at radius 3 is 2.39 bits per heavy atom. The van der Waals surface area contributed by atoms with E-state index in [4.69, 9.17) is 9.90 Å². The molecule has 2 aliphatic rings. The number of carboxylic acids is 1. The number of carbonyl (C=O) groups excluding carboxylic acids is 1.